The lowest BCUT2D eigenvalue weighted by atomic mass is 10.0. The lowest BCUT2D eigenvalue weighted by molar-refractivity contribution is 0.0773. The molecule has 2 heterocycles. The summed E-state index contributed by atoms with van der Waals surface area (Å²) in [4.78, 5) is 23.0. The minimum Gasteiger partial charge on any atom is -0.339 e. The number of pyridine rings is 2. The Morgan fingerprint density at radius 3 is 2.39 bits per heavy atom. The summed E-state index contributed by atoms with van der Waals surface area (Å²) in [6.45, 7) is 5.41. The zero-order valence-corrected chi connectivity index (χ0v) is 13.4. The zero-order chi connectivity index (χ0) is 16.2. The third kappa shape index (κ3) is 2.93. The second kappa shape index (κ2) is 6.57. The van der Waals surface area contributed by atoms with Gasteiger partial charge in [-0.2, -0.15) is 0 Å². The highest BCUT2D eigenvalue weighted by atomic mass is 16.2. The van der Waals surface area contributed by atoms with Gasteiger partial charge in [0, 0.05) is 42.0 Å². The summed E-state index contributed by atoms with van der Waals surface area (Å²) in [5.74, 6) is 0.0640. The number of carbonyl (C=O) groups is 1. The molecular weight excluding hydrogens is 286 g/mol. The minimum atomic E-state index is 0.0640. The van der Waals surface area contributed by atoms with E-state index in [0.717, 1.165) is 22.2 Å². The average Bonchev–Trinajstić information content (AvgIpc) is 2.62. The molecular formula is C19H19N3O. The van der Waals surface area contributed by atoms with Crippen molar-refractivity contribution >= 4 is 16.8 Å². The van der Waals surface area contributed by atoms with Crippen LogP contribution in [0.4, 0.5) is 0 Å². The van der Waals surface area contributed by atoms with Gasteiger partial charge in [-0.15, -0.1) is 0 Å². The topological polar surface area (TPSA) is 46.1 Å². The van der Waals surface area contributed by atoms with Crippen LogP contribution in [0.2, 0.25) is 0 Å². The number of nitrogens with zero attached hydrogens (tertiary/aromatic N) is 3. The Labute approximate surface area is 135 Å². The fourth-order valence-corrected chi connectivity index (χ4v) is 2.70. The molecule has 0 radical (unpaired) electrons. The molecule has 0 spiro atoms. The van der Waals surface area contributed by atoms with Gasteiger partial charge in [-0.05, 0) is 44.2 Å². The van der Waals surface area contributed by atoms with Gasteiger partial charge in [0.25, 0.3) is 5.91 Å². The van der Waals surface area contributed by atoms with Crippen molar-refractivity contribution in [3.63, 3.8) is 0 Å². The van der Waals surface area contributed by atoms with Crippen molar-refractivity contribution in [2.24, 2.45) is 0 Å². The van der Waals surface area contributed by atoms with Crippen molar-refractivity contribution in [3.8, 4) is 11.3 Å². The maximum atomic E-state index is 12.4. The van der Waals surface area contributed by atoms with E-state index in [1.807, 2.05) is 61.2 Å². The molecule has 3 aromatic rings. The first-order chi connectivity index (χ1) is 11.2. The number of aromatic nitrogens is 2. The molecule has 0 unspecified atom stereocenters. The molecule has 4 heteroatoms. The van der Waals surface area contributed by atoms with Crippen molar-refractivity contribution in [2.45, 2.75) is 13.8 Å². The molecule has 3 rings (SSSR count). The van der Waals surface area contributed by atoms with Crippen LogP contribution in [0, 0.1) is 0 Å². The van der Waals surface area contributed by atoms with Gasteiger partial charge in [0.2, 0.25) is 0 Å². The first kappa shape index (κ1) is 15.2. The van der Waals surface area contributed by atoms with Crippen LogP contribution in [0.1, 0.15) is 24.2 Å². The zero-order valence-electron chi connectivity index (χ0n) is 13.4. The van der Waals surface area contributed by atoms with Gasteiger partial charge in [-0.25, -0.2) is 0 Å². The maximum absolute atomic E-state index is 12.4. The van der Waals surface area contributed by atoms with Crippen molar-refractivity contribution < 1.29 is 4.79 Å². The molecule has 0 aliphatic carbocycles. The Kier molecular flexibility index (Phi) is 4.33. The molecule has 4 nitrogen and oxygen atoms in total. The first-order valence-electron chi connectivity index (χ1n) is 7.84. The smallest absolute Gasteiger partial charge is 0.253 e. The molecule has 0 atom stereocenters. The van der Waals surface area contributed by atoms with Gasteiger partial charge in [-0.1, -0.05) is 12.1 Å². The number of amides is 1. The van der Waals surface area contributed by atoms with Crippen molar-refractivity contribution in [1.82, 2.24) is 14.9 Å². The second-order valence-electron chi connectivity index (χ2n) is 5.28. The molecule has 0 aliphatic rings. The molecule has 0 bridgehead atoms. The molecule has 23 heavy (non-hydrogen) atoms. The van der Waals surface area contributed by atoms with Gasteiger partial charge in [0.15, 0.2) is 0 Å². The van der Waals surface area contributed by atoms with E-state index in [4.69, 9.17) is 0 Å². The van der Waals surface area contributed by atoms with Crippen LogP contribution in [0.3, 0.4) is 0 Å². The van der Waals surface area contributed by atoms with Gasteiger partial charge in [0.05, 0.1) is 11.2 Å². The highest BCUT2D eigenvalue weighted by molar-refractivity contribution is 5.96. The molecule has 0 saturated carbocycles. The third-order valence-electron chi connectivity index (χ3n) is 3.99. The summed E-state index contributed by atoms with van der Waals surface area (Å²) in [6, 6.07) is 13.5. The van der Waals surface area contributed by atoms with Crippen LogP contribution in [0.15, 0.2) is 54.9 Å². The molecule has 116 valence electrons. The number of carbonyl (C=O) groups excluding carboxylic acids is 1. The Balaban J connectivity index is 1.97. The first-order valence-corrected chi connectivity index (χ1v) is 7.84. The maximum Gasteiger partial charge on any atom is 0.253 e. The van der Waals surface area contributed by atoms with E-state index in [1.54, 1.807) is 12.4 Å². The molecule has 0 saturated heterocycles. The summed E-state index contributed by atoms with van der Waals surface area (Å²) >= 11 is 0. The number of hydrogen-bond acceptors (Lipinski definition) is 3. The van der Waals surface area contributed by atoms with E-state index in [-0.39, 0.29) is 5.91 Å². The number of benzene rings is 1. The van der Waals surface area contributed by atoms with Crippen molar-refractivity contribution in [2.75, 3.05) is 13.1 Å². The van der Waals surface area contributed by atoms with Crippen LogP contribution in [0.25, 0.3) is 22.2 Å². The van der Waals surface area contributed by atoms with Crippen LogP contribution in [-0.2, 0) is 0 Å². The third-order valence-corrected chi connectivity index (χ3v) is 3.99. The molecule has 1 amide bonds. The fraction of sp³-hybridized carbons (Fsp3) is 0.211. The van der Waals surface area contributed by atoms with E-state index in [1.165, 1.54) is 0 Å². The number of rotatable bonds is 4. The summed E-state index contributed by atoms with van der Waals surface area (Å²) in [5, 5.41) is 1.01. The Bertz CT molecular complexity index is 818. The highest BCUT2D eigenvalue weighted by Crippen LogP contribution is 2.25. The summed E-state index contributed by atoms with van der Waals surface area (Å²) in [5.41, 5.74) is 3.49. The fourth-order valence-electron chi connectivity index (χ4n) is 2.70. The quantitative estimate of drug-likeness (QED) is 0.737. The largest absolute Gasteiger partial charge is 0.339 e. The Hall–Kier alpha value is -2.75. The highest BCUT2D eigenvalue weighted by Gasteiger charge is 2.13. The summed E-state index contributed by atoms with van der Waals surface area (Å²) in [7, 11) is 0. The van der Waals surface area contributed by atoms with Gasteiger partial charge >= 0.3 is 0 Å². The van der Waals surface area contributed by atoms with Crippen LogP contribution < -0.4 is 0 Å². The summed E-state index contributed by atoms with van der Waals surface area (Å²) < 4.78 is 0. The summed E-state index contributed by atoms with van der Waals surface area (Å²) in [6.07, 6.45) is 3.54. The monoisotopic (exact) mass is 305 g/mol. The van der Waals surface area contributed by atoms with E-state index in [0.29, 0.717) is 18.7 Å². The van der Waals surface area contributed by atoms with Gasteiger partial charge < -0.3 is 4.90 Å². The van der Waals surface area contributed by atoms with Crippen LogP contribution in [0.5, 0.6) is 0 Å². The lowest BCUT2D eigenvalue weighted by Gasteiger charge is -2.18. The van der Waals surface area contributed by atoms with E-state index in [9.17, 15) is 4.79 Å². The molecule has 0 aliphatic heterocycles. The SMILES string of the molecule is CCN(CC)C(=O)c1ccc(-c2nccc3ncccc23)cc1. The molecule has 2 aromatic heterocycles. The lowest BCUT2D eigenvalue weighted by Crippen LogP contribution is -2.30. The molecule has 0 fully saturated rings. The van der Waals surface area contributed by atoms with E-state index in [2.05, 4.69) is 9.97 Å². The average molecular weight is 305 g/mol. The second-order valence-corrected chi connectivity index (χ2v) is 5.28. The van der Waals surface area contributed by atoms with Gasteiger partial charge in [-0.3, -0.25) is 14.8 Å². The normalized spacial score (nSPS) is 10.7. The standard InChI is InChI=1S/C19H19N3O/c1-3-22(4-2)19(23)15-9-7-14(8-10-15)18-16-6-5-12-20-17(16)11-13-21-18/h5-13H,3-4H2,1-2H3. The molecule has 1 aromatic carbocycles. The number of hydrogen-bond donors (Lipinski definition) is 0. The predicted molar refractivity (Wildman–Crippen MR) is 92.2 cm³/mol. The van der Waals surface area contributed by atoms with Gasteiger partial charge in [0.1, 0.15) is 0 Å². The number of fused-ring (bicyclic) bond motifs is 1. The van der Waals surface area contributed by atoms with Crippen molar-refractivity contribution in [1.29, 1.82) is 0 Å². The predicted octanol–water partition coefficient (Wildman–Crippen LogP) is 3.78. The van der Waals surface area contributed by atoms with Crippen molar-refractivity contribution in [3.05, 3.63) is 60.4 Å². The van der Waals surface area contributed by atoms with Crippen LogP contribution in [-0.4, -0.2) is 33.9 Å². The Morgan fingerprint density at radius 1 is 0.957 bits per heavy atom. The Morgan fingerprint density at radius 2 is 1.70 bits per heavy atom. The van der Waals surface area contributed by atoms with Crippen LogP contribution >= 0.6 is 0 Å². The minimum absolute atomic E-state index is 0.0640. The van der Waals surface area contributed by atoms with E-state index >= 15 is 0 Å². The molecule has 0 N–H and O–H groups in total. The van der Waals surface area contributed by atoms with E-state index < -0.39 is 0 Å².